The van der Waals surface area contributed by atoms with Crippen LogP contribution in [0.3, 0.4) is 0 Å². The maximum Gasteiger partial charge on any atom is 0.314 e. The number of benzene rings is 2. The Morgan fingerprint density at radius 1 is 0.911 bits per heavy atom. The first-order valence-corrected chi connectivity index (χ1v) is 15.9. The zero-order valence-corrected chi connectivity index (χ0v) is 27.3. The van der Waals surface area contributed by atoms with Crippen molar-refractivity contribution in [3.8, 4) is 5.75 Å². The molecule has 45 heavy (non-hydrogen) atoms. The number of aliphatic hydroxyl groups is 2. The number of hydrogen-bond donors (Lipinski definition) is 2. The molecule has 2 aliphatic heterocycles. The van der Waals surface area contributed by atoms with Crippen LogP contribution in [0.1, 0.15) is 63.7 Å². The quantitative estimate of drug-likeness (QED) is 0.309. The first-order chi connectivity index (χ1) is 21.6. The minimum Gasteiger partial charge on any atom is -0.497 e. The van der Waals surface area contributed by atoms with Crippen molar-refractivity contribution in [2.75, 3.05) is 21.3 Å². The SMILES string of the molecule is COc1ccc(CO[C@H]2[C@@H](C)[C@H]3O[C@](O)([C@H](C)C(=O)O[C@H](c4ccccc4)CCCCC(OC)[C@H](OC)/C=C/[C@@H]3C)[C@H]2O)cc1. The Labute approximate surface area is 267 Å². The number of fused-ring (bicyclic) bond motifs is 2. The van der Waals surface area contributed by atoms with Crippen molar-refractivity contribution in [3.63, 3.8) is 0 Å². The van der Waals surface area contributed by atoms with Crippen molar-refractivity contribution in [2.24, 2.45) is 17.8 Å². The van der Waals surface area contributed by atoms with Crippen LogP contribution in [0.2, 0.25) is 0 Å². The predicted octanol–water partition coefficient (Wildman–Crippen LogP) is 5.38. The molecule has 0 aliphatic carbocycles. The maximum absolute atomic E-state index is 13.8. The van der Waals surface area contributed by atoms with Crippen molar-refractivity contribution in [1.29, 1.82) is 0 Å². The highest BCUT2D eigenvalue weighted by Gasteiger charge is 2.58. The van der Waals surface area contributed by atoms with Gasteiger partial charge in [0.1, 0.15) is 30.0 Å². The maximum atomic E-state index is 13.8. The predicted molar refractivity (Wildman–Crippen MR) is 169 cm³/mol. The normalized spacial score (nSPS) is 35.7. The summed E-state index contributed by atoms with van der Waals surface area (Å²) in [6, 6.07) is 17.0. The van der Waals surface area contributed by atoms with Gasteiger partial charge < -0.3 is 38.6 Å². The van der Waals surface area contributed by atoms with Gasteiger partial charge in [0.15, 0.2) is 0 Å². The molecule has 9 heteroatoms. The third-order valence-corrected chi connectivity index (χ3v) is 9.37. The van der Waals surface area contributed by atoms with E-state index in [4.69, 9.17) is 28.4 Å². The zero-order chi connectivity index (χ0) is 32.6. The van der Waals surface area contributed by atoms with Crippen LogP contribution in [-0.2, 0) is 35.1 Å². The third-order valence-electron chi connectivity index (χ3n) is 9.37. The molecule has 2 aromatic carbocycles. The van der Waals surface area contributed by atoms with E-state index in [0.717, 1.165) is 36.1 Å². The summed E-state index contributed by atoms with van der Waals surface area (Å²) in [5.41, 5.74) is 1.73. The van der Waals surface area contributed by atoms with Crippen molar-refractivity contribution < 1.29 is 43.4 Å². The van der Waals surface area contributed by atoms with Gasteiger partial charge in [0.25, 0.3) is 0 Å². The molecule has 2 heterocycles. The molecule has 248 valence electrons. The highest BCUT2D eigenvalue weighted by Crippen LogP contribution is 2.42. The van der Waals surface area contributed by atoms with E-state index in [2.05, 4.69) is 0 Å². The Kier molecular flexibility index (Phi) is 12.6. The van der Waals surface area contributed by atoms with Crippen molar-refractivity contribution in [3.05, 3.63) is 77.9 Å². The first kappa shape index (κ1) is 35.1. The summed E-state index contributed by atoms with van der Waals surface area (Å²) in [5, 5.41) is 23.8. The van der Waals surface area contributed by atoms with E-state index in [1.165, 1.54) is 6.92 Å². The number of ether oxygens (including phenoxy) is 6. The first-order valence-electron chi connectivity index (χ1n) is 15.9. The number of aliphatic hydroxyl groups excluding tert-OH is 1. The summed E-state index contributed by atoms with van der Waals surface area (Å²) in [7, 11) is 4.95. The van der Waals surface area contributed by atoms with Crippen molar-refractivity contribution in [2.45, 2.75) is 95.5 Å². The standard InChI is InChI=1S/C36H50O9/c1-23-16-21-31(42-6)30(41-5)15-11-10-14-29(27-12-8-7-9-13-27)44-35(38)25(3)36(39)34(37)33(24(2)32(23)45-36)43-22-26-17-19-28(40-4)20-18-26/h7-9,12-13,16-21,23-25,29-34,37,39H,10-11,14-15,22H2,1-6H3/b21-16+/t23-,24-,25+,29-,30?,31+,32-,33-,34-,36+/m0/s1. The Hall–Kier alpha value is -2.79. The molecule has 1 saturated heterocycles. The molecule has 0 aromatic heterocycles. The van der Waals surface area contributed by atoms with E-state index < -0.39 is 42.1 Å². The topological polar surface area (TPSA) is 113 Å². The molecule has 1 unspecified atom stereocenters. The summed E-state index contributed by atoms with van der Waals surface area (Å²) in [5.74, 6) is -4.01. The van der Waals surface area contributed by atoms with Gasteiger partial charge in [-0.2, -0.15) is 0 Å². The van der Waals surface area contributed by atoms with E-state index in [9.17, 15) is 15.0 Å². The number of esters is 1. The second-order valence-electron chi connectivity index (χ2n) is 12.3. The smallest absolute Gasteiger partial charge is 0.314 e. The third kappa shape index (κ3) is 8.33. The lowest BCUT2D eigenvalue weighted by molar-refractivity contribution is -0.361. The summed E-state index contributed by atoms with van der Waals surface area (Å²) >= 11 is 0. The Balaban J connectivity index is 1.69. The van der Waals surface area contributed by atoms with Gasteiger partial charge in [0, 0.05) is 26.1 Å². The van der Waals surface area contributed by atoms with Gasteiger partial charge in [-0.25, -0.2) is 0 Å². The molecule has 4 rings (SSSR count). The van der Waals surface area contributed by atoms with E-state index in [1.807, 2.05) is 80.6 Å². The fourth-order valence-electron chi connectivity index (χ4n) is 6.42. The number of rotatable bonds is 7. The lowest BCUT2D eigenvalue weighted by Crippen LogP contribution is -2.66. The molecule has 2 N–H and O–H groups in total. The van der Waals surface area contributed by atoms with Gasteiger partial charge >= 0.3 is 5.97 Å². The molecule has 0 radical (unpaired) electrons. The van der Waals surface area contributed by atoms with Crippen LogP contribution >= 0.6 is 0 Å². The molecule has 2 bridgehead atoms. The van der Waals surface area contributed by atoms with Crippen LogP contribution in [0.15, 0.2) is 66.7 Å². The van der Waals surface area contributed by atoms with Gasteiger partial charge in [0.2, 0.25) is 5.79 Å². The molecular weight excluding hydrogens is 576 g/mol. The van der Waals surface area contributed by atoms with E-state index in [1.54, 1.807) is 21.3 Å². The number of methoxy groups -OCH3 is 3. The van der Waals surface area contributed by atoms with Crippen LogP contribution in [-0.4, -0.2) is 73.8 Å². The average Bonchev–Trinajstić information content (AvgIpc) is 3.06. The van der Waals surface area contributed by atoms with Gasteiger partial charge in [0.05, 0.1) is 32.0 Å². The molecule has 0 amide bonds. The van der Waals surface area contributed by atoms with E-state index in [-0.39, 0.29) is 30.7 Å². The zero-order valence-electron chi connectivity index (χ0n) is 27.3. The molecule has 0 spiro atoms. The van der Waals surface area contributed by atoms with Crippen LogP contribution in [0.4, 0.5) is 0 Å². The highest BCUT2D eigenvalue weighted by molar-refractivity contribution is 5.73. The second-order valence-corrected chi connectivity index (χ2v) is 12.3. The van der Waals surface area contributed by atoms with E-state index >= 15 is 0 Å². The number of cyclic esters (lactones) is 1. The van der Waals surface area contributed by atoms with Gasteiger partial charge in [-0.3, -0.25) is 4.79 Å². The summed E-state index contributed by atoms with van der Waals surface area (Å²) in [6.07, 6.45) is 2.94. The highest BCUT2D eigenvalue weighted by atomic mass is 16.7. The number of carbonyl (C=O) groups is 1. The van der Waals surface area contributed by atoms with E-state index in [0.29, 0.717) is 6.42 Å². The Bertz CT molecular complexity index is 1220. The molecule has 2 aliphatic rings. The van der Waals surface area contributed by atoms with Gasteiger partial charge in [-0.1, -0.05) is 74.9 Å². The van der Waals surface area contributed by atoms with Gasteiger partial charge in [-0.05, 0) is 49.4 Å². The molecule has 1 fully saturated rings. The second kappa shape index (κ2) is 16.2. The number of hydrogen-bond acceptors (Lipinski definition) is 9. The largest absolute Gasteiger partial charge is 0.497 e. The lowest BCUT2D eigenvalue weighted by Gasteiger charge is -2.51. The average molecular weight is 627 g/mol. The lowest BCUT2D eigenvalue weighted by atomic mass is 9.77. The minimum absolute atomic E-state index is 0.173. The van der Waals surface area contributed by atoms with Crippen molar-refractivity contribution >= 4 is 5.97 Å². The van der Waals surface area contributed by atoms with Crippen LogP contribution in [0.5, 0.6) is 5.75 Å². The molecule has 9 nitrogen and oxygen atoms in total. The monoisotopic (exact) mass is 626 g/mol. The van der Waals surface area contributed by atoms with Crippen LogP contribution < -0.4 is 4.74 Å². The molecule has 0 saturated carbocycles. The fourth-order valence-corrected chi connectivity index (χ4v) is 6.42. The van der Waals surface area contributed by atoms with Crippen LogP contribution in [0.25, 0.3) is 0 Å². The fraction of sp³-hybridized carbons (Fsp3) is 0.583. The van der Waals surface area contributed by atoms with Gasteiger partial charge in [-0.15, -0.1) is 0 Å². The summed E-state index contributed by atoms with van der Waals surface area (Å²) < 4.78 is 35.7. The minimum atomic E-state index is -2.27. The molecule has 10 atom stereocenters. The number of carbonyl (C=O) groups excluding carboxylic acids is 1. The Morgan fingerprint density at radius 2 is 1.60 bits per heavy atom. The summed E-state index contributed by atoms with van der Waals surface area (Å²) in [4.78, 5) is 13.8. The van der Waals surface area contributed by atoms with Crippen LogP contribution in [0, 0.1) is 17.8 Å². The Morgan fingerprint density at radius 3 is 2.24 bits per heavy atom. The molecular formula is C36H50O9. The summed E-state index contributed by atoms with van der Waals surface area (Å²) in [6.45, 7) is 5.62. The molecule has 2 aromatic rings. The van der Waals surface area contributed by atoms with Crippen molar-refractivity contribution in [1.82, 2.24) is 0 Å².